The van der Waals surface area contributed by atoms with Gasteiger partial charge in [-0.3, -0.25) is 9.11 Å². The van der Waals surface area contributed by atoms with Gasteiger partial charge in [0.25, 0.3) is 0 Å². The van der Waals surface area contributed by atoms with Crippen molar-refractivity contribution in [1.82, 2.24) is 9.80 Å². The molecule has 4 rings (SSSR count). The van der Waals surface area contributed by atoms with Crippen LogP contribution in [0.3, 0.4) is 0 Å². The normalized spacial score (nSPS) is 20.5. The van der Waals surface area contributed by atoms with Crippen LogP contribution in [-0.4, -0.2) is 59.7 Å². The molecule has 2 heterocycles. The van der Waals surface area contributed by atoms with Gasteiger partial charge in [0.2, 0.25) is 0 Å². The summed E-state index contributed by atoms with van der Waals surface area (Å²) in [5.41, 5.74) is 3.59. The number of benzene rings is 2. The van der Waals surface area contributed by atoms with Crippen molar-refractivity contribution < 1.29 is 4.21 Å². The van der Waals surface area contributed by atoms with Gasteiger partial charge in [-0.2, -0.15) is 0 Å². The van der Waals surface area contributed by atoms with E-state index in [1.54, 1.807) is 0 Å². The molecule has 0 N–H and O–H groups in total. The van der Waals surface area contributed by atoms with Crippen LogP contribution in [0.15, 0.2) is 41.3 Å². The van der Waals surface area contributed by atoms with Gasteiger partial charge in [0, 0.05) is 46.3 Å². The van der Waals surface area contributed by atoms with E-state index >= 15 is 0 Å². The molecule has 0 amide bonds. The van der Waals surface area contributed by atoms with E-state index in [9.17, 15) is 4.21 Å². The zero-order valence-corrected chi connectivity index (χ0v) is 18.4. The number of rotatable bonds is 5. The van der Waals surface area contributed by atoms with Gasteiger partial charge in [0.05, 0.1) is 37.3 Å². The van der Waals surface area contributed by atoms with Gasteiger partial charge >= 0.3 is 0 Å². The second-order valence-electron chi connectivity index (χ2n) is 7.59. The maximum Gasteiger partial charge on any atom is 0.0982 e. The highest BCUT2D eigenvalue weighted by molar-refractivity contribution is 7.85. The molecule has 2 aliphatic heterocycles. The fraction of sp³-hybridized carbons (Fsp3) is 0.429. The molecule has 1 fully saturated rings. The Kier molecular flexibility index (Phi) is 6.28. The lowest BCUT2D eigenvalue weighted by atomic mass is 10.1. The lowest BCUT2D eigenvalue weighted by molar-refractivity contribution is 0.128. The van der Waals surface area contributed by atoms with Crippen LogP contribution in [0.5, 0.6) is 0 Å². The van der Waals surface area contributed by atoms with E-state index in [4.69, 9.17) is 23.2 Å². The van der Waals surface area contributed by atoms with E-state index in [-0.39, 0.29) is 0 Å². The number of hydrogen-bond acceptors (Lipinski definition) is 4. The lowest BCUT2D eigenvalue weighted by Crippen LogP contribution is -2.46. The summed E-state index contributed by atoms with van der Waals surface area (Å²) < 4.78 is 12.2. The van der Waals surface area contributed by atoms with Crippen molar-refractivity contribution >= 4 is 39.7 Å². The molecule has 2 aliphatic rings. The Morgan fingerprint density at radius 2 is 1.64 bits per heavy atom. The Balaban J connectivity index is 1.26. The first-order valence-corrected chi connectivity index (χ1v) is 11.7. The average Bonchev–Trinajstić information content (AvgIpc) is 2.98. The van der Waals surface area contributed by atoms with E-state index in [1.165, 1.54) is 11.1 Å². The van der Waals surface area contributed by atoms with E-state index in [0.29, 0.717) is 15.9 Å². The third-order valence-corrected chi connectivity index (χ3v) is 7.74. The van der Waals surface area contributed by atoms with Crippen molar-refractivity contribution in [2.75, 3.05) is 50.5 Å². The first-order chi connectivity index (χ1) is 13.5. The van der Waals surface area contributed by atoms with E-state index in [1.807, 2.05) is 19.2 Å². The summed E-state index contributed by atoms with van der Waals surface area (Å²) in [6.07, 6.45) is 1.00. The quantitative estimate of drug-likeness (QED) is 0.708. The number of anilines is 1. The number of hydrogen-bond donors (Lipinski definition) is 0. The van der Waals surface area contributed by atoms with E-state index in [2.05, 4.69) is 39.0 Å². The molecule has 0 aromatic heterocycles. The molecule has 1 atom stereocenters. The van der Waals surface area contributed by atoms with Gasteiger partial charge in [-0.05, 0) is 41.8 Å². The molecule has 7 heteroatoms. The molecule has 0 saturated carbocycles. The molecule has 2 aromatic carbocycles. The first-order valence-electron chi connectivity index (χ1n) is 9.61. The Labute approximate surface area is 179 Å². The minimum absolute atomic E-state index is 0.609. The first kappa shape index (κ1) is 20.2. The van der Waals surface area contributed by atoms with Crippen LogP contribution in [0.2, 0.25) is 10.0 Å². The van der Waals surface area contributed by atoms with Crippen molar-refractivity contribution in [2.24, 2.45) is 0 Å². The third kappa shape index (κ3) is 4.55. The average molecular weight is 438 g/mol. The SMILES string of the molecule is CN1CS(=O)c2cc(CCN3CCN(Cc4ccc(Cl)c(Cl)c4)CC3)ccc21. The Morgan fingerprint density at radius 3 is 2.39 bits per heavy atom. The summed E-state index contributed by atoms with van der Waals surface area (Å²) in [5, 5.41) is 1.23. The van der Waals surface area contributed by atoms with Gasteiger partial charge in [-0.25, -0.2) is 0 Å². The second kappa shape index (κ2) is 8.72. The standard InChI is InChI=1S/C21H25Cl2N3OS/c1-24-15-28(27)21-13-16(3-5-20(21)24)6-7-25-8-10-26(11-9-25)14-17-2-4-18(22)19(23)12-17/h2-5,12-13H,6-11,14-15H2,1H3. The molecule has 1 saturated heterocycles. The Hall–Kier alpha value is -1.11. The molecule has 150 valence electrons. The lowest BCUT2D eigenvalue weighted by Gasteiger charge is -2.34. The van der Waals surface area contributed by atoms with E-state index in [0.717, 1.165) is 56.3 Å². The maximum atomic E-state index is 12.2. The Bertz CT molecular complexity index is 884. The van der Waals surface area contributed by atoms with Gasteiger partial charge in [-0.1, -0.05) is 35.3 Å². The van der Waals surface area contributed by atoms with Crippen molar-refractivity contribution in [1.29, 1.82) is 0 Å². The van der Waals surface area contributed by atoms with Crippen LogP contribution >= 0.6 is 23.2 Å². The van der Waals surface area contributed by atoms with Crippen LogP contribution in [0.25, 0.3) is 0 Å². The van der Waals surface area contributed by atoms with Crippen molar-refractivity contribution in [3.8, 4) is 0 Å². The molecule has 28 heavy (non-hydrogen) atoms. The smallest absolute Gasteiger partial charge is 0.0982 e. The summed E-state index contributed by atoms with van der Waals surface area (Å²) in [6, 6.07) is 12.3. The highest BCUT2D eigenvalue weighted by Crippen LogP contribution is 2.31. The molecule has 0 aliphatic carbocycles. The minimum Gasteiger partial charge on any atom is -0.361 e. The summed E-state index contributed by atoms with van der Waals surface area (Å²) in [7, 11) is 1.11. The monoisotopic (exact) mass is 437 g/mol. The second-order valence-corrected chi connectivity index (χ2v) is 9.79. The number of halogens is 2. The summed E-state index contributed by atoms with van der Waals surface area (Å²) in [6.45, 7) is 6.21. The van der Waals surface area contributed by atoms with Crippen molar-refractivity contribution in [3.63, 3.8) is 0 Å². The number of piperazine rings is 1. The van der Waals surface area contributed by atoms with Crippen molar-refractivity contribution in [2.45, 2.75) is 17.9 Å². The van der Waals surface area contributed by atoms with E-state index < -0.39 is 10.8 Å². The third-order valence-electron chi connectivity index (χ3n) is 5.56. The van der Waals surface area contributed by atoms with Gasteiger partial charge < -0.3 is 9.80 Å². The molecular formula is C21H25Cl2N3OS. The zero-order valence-electron chi connectivity index (χ0n) is 16.0. The zero-order chi connectivity index (χ0) is 19.7. The van der Waals surface area contributed by atoms with Gasteiger partial charge in [0.1, 0.15) is 0 Å². The summed E-state index contributed by atoms with van der Waals surface area (Å²) in [4.78, 5) is 8.04. The Morgan fingerprint density at radius 1 is 0.929 bits per heavy atom. The molecular weight excluding hydrogens is 413 g/mol. The van der Waals surface area contributed by atoms with Crippen LogP contribution in [0, 0.1) is 0 Å². The van der Waals surface area contributed by atoms with Gasteiger partial charge in [0.15, 0.2) is 0 Å². The molecule has 1 unspecified atom stereocenters. The topological polar surface area (TPSA) is 26.8 Å². The molecule has 0 radical (unpaired) electrons. The summed E-state index contributed by atoms with van der Waals surface area (Å²) in [5.74, 6) is 0.611. The predicted octanol–water partition coefficient (Wildman–Crippen LogP) is 3.87. The maximum absolute atomic E-state index is 12.2. The highest BCUT2D eigenvalue weighted by Gasteiger charge is 2.23. The van der Waals surface area contributed by atoms with Crippen LogP contribution in [0.1, 0.15) is 11.1 Å². The fourth-order valence-electron chi connectivity index (χ4n) is 3.88. The minimum atomic E-state index is -0.886. The largest absolute Gasteiger partial charge is 0.361 e. The molecule has 0 bridgehead atoms. The fourth-order valence-corrected chi connectivity index (χ4v) is 5.57. The highest BCUT2D eigenvalue weighted by atomic mass is 35.5. The van der Waals surface area contributed by atoms with Gasteiger partial charge in [-0.15, -0.1) is 0 Å². The predicted molar refractivity (Wildman–Crippen MR) is 118 cm³/mol. The molecule has 4 nitrogen and oxygen atoms in total. The number of fused-ring (bicyclic) bond motifs is 1. The van der Waals surface area contributed by atoms with Crippen molar-refractivity contribution in [3.05, 3.63) is 57.6 Å². The van der Waals surface area contributed by atoms with Crippen LogP contribution in [0.4, 0.5) is 5.69 Å². The molecule has 2 aromatic rings. The van der Waals surface area contributed by atoms with Crippen LogP contribution in [-0.2, 0) is 23.8 Å². The molecule has 0 spiro atoms. The number of nitrogens with zero attached hydrogens (tertiary/aromatic N) is 3. The van der Waals surface area contributed by atoms with Crippen LogP contribution < -0.4 is 4.90 Å². The summed E-state index contributed by atoms with van der Waals surface area (Å²) >= 11 is 12.1.